The largest absolute Gasteiger partial charge is 0.459 e. The monoisotopic (exact) mass is 733 g/mol. The molecule has 3 heterocycles. The summed E-state index contributed by atoms with van der Waals surface area (Å²) in [4.78, 5) is 29.8. The summed E-state index contributed by atoms with van der Waals surface area (Å²) in [6.45, 7) is 15.2. The third-order valence-electron chi connectivity index (χ3n) is 11.9. The van der Waals surface area contributed by atoms with E-state index in [1.54, 1.807) is 48.5 Å². The van der Waals surface area contributed by atoms with Gasteiger partial charge in [-0.2, -0.15) is 0 Å². The second kappa shape index (κ2) is 17.4. The number of ether oxygens (including phenoxy) is 7. The predicted octanol–water partition coefficient (Wildman–Crippen LogP) is 2.19. The minimum absolute atomic E-state index is 0.000955. The molecule has 0 radical (unpaired) electrons. The molecule has 4 N–H and O–H groups in total. The van der Waals surface area contributed by atoms with Crippen LogP contribution in [0.15, 0.2) is 0 Å². The maximum Gasteiger partial charge on any atom is 0.311 e. The van der Waals surface area contributed by atoms with Crippen LogP contribution in [-0.4, -0.2) is 150 Å². The number of esters is 1. The predicted molar refractivity (Wildman–Crippen MR) is 187 cm³/mol. The number of rotatable bonds is 8. The molecule has 14 nitrogen and oxygen atoms in total. The van der Waals surface area contributed by atoms with Gasteiger partial charge in [0.25, 0.3) is 0 Å². The summed E-state index contributed by atoms with van der Waals surface area (Å²) in [5.41, 5.74) is -4.20. The Morgan fingerprint density at radius 3 is 2.00 bits per heavy atom. The van der Waals surface area contributed by atoms with E-state index in [-0.39, 0.29) is 43.6 Å². The number of carbonyl (C=O) groups excluding carboxylic acids is 2. The molecule has 51 heavy (non-hydrogen) atoms. The fourth-order valence-corrected chi connectivity index (χ4v) is 8.01. The highest BCUT2D eigenvalue weighted by atomic mass is 16.7. The quantitative estimate of drug-likeness (QED) is 0.267. The number of cyclic esters (lactones) is 1. The highest BCUT2D eigenvalue weighted by molar-refractivity contribution is 5.83. The number of carbonyl (C=O) groups is 2. The van der Waals surface area contributed by atoms with Crippen LogP contribution in [0, 0.1) is 17.8 Å². The molecule has 3 saturated heterocycles. The maximum absolute atomic E-state index is 14.0. The minimum atomic E-state index is -1.96. The number of aliphatic hydroxyl groups excluding tert-OH is 3. The van der Waals surface area contributed by atoms with Crippen molar-refractivity contribution in [1.82, 2.24) is 4.90 Å². The lowest BCUT2D eigenvalue weighted by Gasteiger charge is -2.47. The molecular formula is C37H67NO13. The molecule has 14 heteroatoms. The first-order valence-corrected chi connectivity index (χ1v) is 18.5. The van der Waals surface area contributed by atoms with Crippen LogP contribution >= 0.6 is 0 Å². The summed E-state index contributed by atoms with van der Waals surface area (Å²) in [6, 6.07) is -0.274. The van der Waals surface area contributed by atoms with Gasteiger partial charge in [-0.3, -0.25) is 9.59 Å². The summed E-state index contributed by atoms with van der Waals surface area (Å²) in [5, 5.41) is 45.3. The first kappa shape index (κ1) is 44.1. The molecule has 0 aromatic carbocycles. The van der Waals surface area contributed by atoms with Gasteiger partial charge < -0.3 is 58.5 Å². The number of nitrogens with zero attached hydrogens (tertiary/aromatic N) is 1. The number of Topliss-reactive ketones (excluding diaryl/α,β-unsaturated/α-hetero) is 1. The summed E-state index contributed by atoms with van der Waals surface area (Å²) < 4.78 is 43.4. The van der Waals surface area contributed by atoms with Crippen molar-refractivity contribution in [3.63, 3.8) is 0 Å². The SMILES string of the molecule is CC[C@H]1OC(=O)[C@H](C)[C@@H](O[C@H]2C[C@@](C)(OC)[C@@H](O)[C@H](C)O2)C[C@@H](O[C@@H]2O[C@H](C)C[C@H](N(C)C)[C@H]2O)[C@](C)(OC)C[C@@H](C)C(=O)[C@H](C)[C@@H](O)[C@]1(C)O. The summed E-state index contributed by atoms with van der Waals surface area (Å²) in [5.74, 6) is -3.71. The van der Waals surface area contributed by atoms with Crippen LogP contribution in [-0.2, 0) is 42.7 Å². The van der Waals surface area contributed by atoms with Gasteiger partial charge in [-0.25, -0.2) is 0 Å². The number of ketones is 1. The van der Waals surface area contributed by atoms with E-state index in [2.05, 4.69) is 0 Å². The second-order valence-electron chi connectivity index (χ2n) is 16.1. The van der Waals surface area contributed by atoms with Gasteiger partial charge in [0.05, 0.1) is 47.6 Å². The third-order valence-corrected chi connectivity index (χ3v) is 11.9. The number of hydrogen-bond acceptors (Lipinski definition) is 14. The molecule has 0 spiro atoms. The van der Waals surface area contributed by atoms with E-state index in [4.69, 9.17) is 33.2 Å². The average molecular weight is 734 g/mol. The van der Waals surface area contributed by atoms with Gasteiger partial charge in [0.2, 0.25) is 0 Å². The van der Waals surface area contributed by atoms with Crippen molar-refractivity contribution >= 4 is 11.8 Å². The summed E-state index contributed by atoms with van der Waals surface area (Å²) >= 11 is 0. The highest BCUT2D eigenvalue weighted by Gasteiger charge is 2.52. The third kappa shape index (κ3) is 9.69. The lowest BCUT2D eigenvalue weighted by molar-refractivity contribution is -0.309. The van der Waals surface area contributed by atoms with Gasteiger partial charge in [-0.05, 0) is 74.9 Å². The summed E-state index contributed by atoms with van der Waals surface area (Å²) in [7, 11) is 6.75. The molecule has 3 fully saturated rings. The normalized spacial score (nSPS) is 48.3. The molecule has 0 bridgehead atoms. The van der Waals surface area contributed by atoms with E-state index in [9.17, 15) is 30.0 Å². The van der Waals surface area contributed by atoms with E-state index < -0.39 is 95.8 Å². The Labute approximate surface area is 304 Å². The van der Waals surface area contributed by atoms with Crippen molar-refractivity contribution < 1.29 is 63.2 Å². The van der Waals surface area contributed by atoms with E-state index in [0.29, 0.717) is 6.42 Å². The zero-order chi connectivity index (χ0) is 38.8. The molecule has 3 aliphatic heterocycles. The fraction of sp³-hybridized carbons (Fsp3) is 0.946. The fourth-order valence-electron chi connectivity index (χ4n) is 8.01. The Balaban J connectivity index is 2.16. The van der Waals surface area contributed by atoms with Crippen molar-refractivity contribution in [3.05, 3.63) is 0 Å². The zero-order valence-electron chi connectivity index (χ0n) is 33.0. The average Bonchev–Trinajstić information content (AvgIpc) is 3.07. The maximum atomic E-state index is 14.0. The molecule has 0 aliphatic carbocycles. The van der Waals surface area contributed by atoms with Crippen molar-refractivity contribution in [2.75, 3.05) is 28.3 Å². The van der Waals surface area contributed by atoms with Crippen LogP contribution in [0.1, 0.15) is 94.4 Å². The molecule has 0 saturated carbocycles. The van der Waals surface area contributed by atoms with Crippen molar-refractivity contribution in [1.29, 1.82) is 0 Å². The van der Waals surface area contributed by atoms with E-state index >= 15 is 0 Å². The van der Waals surface area contributed by atoms with Crippen LogP contribution in [0.4, 0.5) is 0 Å². The smallest absolute Gasteiger partial charge is 0.311 e. The lowest BCUT2D eigenvalue weighted by atomic mass is 9.76. The van der Waals surface area contributed by atoms with Gasteiger partial charge in [-0.1, -0.05) is 20.8 Å². The van der Waals surface area contributed by atoms with E-state index in [0.717, 1.165) is 0 Å². The number of methoxy groups -OCH3 is 2. The Morgan fingerprint density at radius 2 is 1.45 bits per heavy atom. The number of likely N-dealkylation sites (N-methyl/N-ethyl adjacent to an activating group) is 1. The molecular weight excluding hydrogens is 666 g/mol. The molecule has 298 valence electrons. The lowest BCUT2D eigenvalue weighted by Crippen LogP contribution is -2.59. The number of hydrogen-bond donors (Lipinski definition) is 4. The Morgan fingerprint density at radius 1 is 0.843 bits per heavy atom. The van der Waals surface area contributed by atoms with Crippen LogP contribution < -0.4 is 0 Å². The van der Waals surface area contributed by atoms with Crippen LogP contribution in [0.25, 0.3) is 0 Å². The van der Waals surface area contributed by atoms with Gasteiger partial charge in [0.15, 0.2) is 12.6 Å². The zero-order valence-corrected chi connectivity index (χ0v) is 33.0. The van der Waals surface area contributed by atoms with Crippen molar-refractivity contribution in [2.45, 2.75) is 179 Å². The molecule has 0 unspecified atom stereocenters. The van der Waals surface area contributed by atoms with Crippen LogP contribution in [0.3, 0.4) is 0 Å². The standard InChI is InChI=1S/C37H67NO13/c1-14-26-37(9,44)31(41)22(5)29(39)19(2)17-35(7,45-12)27(51-34-30(40)24(38(10)11)15-20(3)47-34)16-25(21(4)33(43)50-26)49-28-18-36(8,46-13)32(42)23(6)48-28/h19-28,30-32,34,40-42,44H,14-18H2,1-13H3/t19-,20-,21-,22+,23+,24+,25+,26-,27-,28+,30-,31-,32+,34+,35-,36-,37-/m1/s1. The first-order chi connectivity index (χ1) is 23.6. The molecule has 0 amide bonds. The molecule has 3 aliphatic rings. The molecule has 0 aromatic rings. The highest BCUT2D eigenvalue weighted by Crippen LogP contribution is 2.39. The van der Waals surface area contributed by atoms with Crippen molar-refractivity contribution in [3.8, 4) is 0 Å². The number of aliphatic hydroxyl groups is 4. The molecule has 17 atom stereocenters. The van der Waals surface area contributed by atoms with Gasteiger partial charge in [0.1, 0.15) is 29.7 Å². The Bertz CT molecular complexity index is 1160. The van der Waals surface area contributed by atoms with Gasteiger partial charge in [-0.15, -0.1) is 0 Å². The minimum Gasteiger partial charge on any atom is -0.459 e. The Kier molecular flexibility index (Phi) is 15.1. The molecule has 3 rings (SSSR count). The first-order valence-electron chi connectivity index (χ1n) is 18.5. The second-order valence-corrected chi connectivity index (χ2v) is 16.1. The summed E-state index contributed by atoms with van der Waals surface area (Å²) in [6.07, 6.45) is -8.55. The topological polar surface area (TPSA) is 183 Å². The van der Waals surface area contributed by atoms with E-state index in [1.807, 2.05) is 25.9 Å². The van der Waals surface area contributed by atoms with Gasteiger partial charge in [0, 0.05) is 44.9 Å². The molecule has 0 aromatic heterocycles. The van der Waals surface area contributed by atoms with Crippen LogP contribution in [0.5, 0.6) is 0 Å². The van der Waals surface area contributed by atoms with Crippen molar-refractivity contribution in [2.24, 2.45) is 17.8 Å². The van der Waals surface area contributed by atoms with Gasteiger partial charge >= 0.3 is 5.97 Å². The van der Waals surface area contributed by atoms with E-state index in [1.165, 1.54) is 21.1 Å². The van der Waals surface area contributed by atoms with Crippen LogP contribution in [0.2, 0.25) is 0 Å². The Hall–Kier alpha value is -1.30.